The molecular weight excluding hydrogens is 339 g/mol. The number of aromatic nitrogens is 3. The molecule has 3 heterocycles. The molecule has 0 amide bonds. The number of nitrogens with zero attached hydrogens (tertiary/aromatic N) is 3. The van der Waals surface area contributed by atoms with Crippen molar-refractivity contribution in [3.63, 3.8) is 0 Å². The minimum atomic E-state index is -0.256. The monoisotopic (exact) mass is 356 g/mol. The molecule has 0 saturated carbocycles. The minimum absolute atomic E-state index is 0.256. The van der Waals surface area contributed by atoms with Gasteiger partial charge in [0.2, 0.25) is 0 Å². The zero-order valence-electron chi connectivity index (χ0n) is 13.5. The van der Waals surface area contributed by atoms with Crippen LogP contribution in [0.4, 0.5) is 10.2 Å². The van der Waals surface area contributed by atoms with Crippen molar-refractivity contribution >= 4 is 17.6 Å². The van der Waals surface area contributed by atoms with E-state index in [9.17, 15) is 4.39 Å². The summed E-state index contributed by atoms with van der Waals surface area (Å²) in [6, 6.07) is 10.6. The molecule has 1 aliphatic rings. The van der Waals surface area contributed by atoms with Crippen LogP contribution in [0, 0.1) is 5.82 Å². The zero-order chi connectivity index (χ0) is 17.1. The number of thioether (sulfide) groups is 1. The van der Waals surface area contributed by atoms with Gasteiger partial charge in [0.25, 0.3) is 5.89 Å². The maximum absolute atomic E-state index is 12.9. The third-order valence-corrected chi connectivity index (χ3v) is 5.20. The van der Waals surface area contributed by atoms with E-state index < -0.39 is 0 Å². The summed E-state index contributed by atoms with van der Waals surface area (Å²) in [5, 5.41) is 7.42. The molecule has 0 spiro atoms. The molecular formula is C18H17FN4OS. The second-order valence-electron chi connectivity index (χ2n) is 5.96. The smallest absolute Gasteiger partial charge is 0.259 e. The molecule has 0 bridgehead atoms. The van der Waals surface area contributed by atoms with Crippen LogP contribution in [0.3, 0.4) is 0 Å². The van der Waals surface area contributed by atoms with Crippen molar-refractivity contribution in [3.05, 3.63) is 59.8 Å². The van der Waals surface area contributed by atoms with Gasteiger partial charge in [0.15, 0.2) is 5.82 Å². The van der Waals surface area contributed by atoms with Gasteiger partial charge in [-0.3, -0.25) is 0 Å². The summed E-state index contributed by atoms with van der Waals surface area (Å²) in [5.41, 5.74) is 1.71. The first-order valence-electron chi connectivity index (χ1n) is 8.14. The van der Waals surface area contributed by atoms with Crippen molar-refractivity contribution in [1.29, 1.82) is 0 Å². The van der Waals surface area contributed by atoms with Gasteiger partial charge in [-0.1, -0.05) is 17.3 Å². The van der Waals surface area contributed by atoms with E-state index in [1.165, 1.54) is 24.3 Å². The predicted octanol–water partition coefficient (Wildman–Crippen LogP) is 3.78. The van der Waals surface area contributed by atoms with Crippen LogP contribution in [0.2, 0.25) is 0 Å². The Bertz CT molecular complexity index is 829. The van der Waals surface area contributed by atoms with Crippen LogP contribution in [-0.4, -0.2) is 32.7 Å². The van der Waals surface area contributed by atoms with Crippen LogP contribution in [-0.2, 0) is 6.42 Å². The van der Waals surface area contributed by atoms with Crippen molar-refractivity contribution in [1.82, 2.24) is 15.1 Å². The van der Waals surface area contributed by atoms with E-state index >= 15 is 0 Å². The van der Waals surface area contributed by atoms with Crippen LogP contribution in [0.15, 0.2) is 47.1 Å². The van der Waals surface area contributed by atoms with E-state index in [0.717, 1.165) is 22.7 Å². The predicted molar refractivity (Wildman–Crippen MR) is 96.1 cm³/mol. The number of hydrogen-bond donors (Lipinski definition) is 1. The summed E-state index contributed by atoms with van der Waals surface area (Å²) in [5.74, 6) is 3.93. The van der Waals surface area contributed by atoms with Crippen molar-refractivity contribution in [2.75, 3.05) is 16.8 Å². The van der Waals surface area contributed by atoms with Crippen molar-refractivity contribution in [2.45, 2.75) is 18.9 Å². The first-order chi connectivity index (χ1) is 12.3. The van der Waals surface area contributed by atoms with Crippen LogP contribution >= 0.6 is 11.8 Å². The highest BCUT2D eigenvalue weighted by molar-refractivity contribution is 7.99. The Morgan fingerprint density at radius 1 is 1.20 bits per heavy atom. The highest BCUT2D eigenvalue weighted by Gasteiger charge is 2.16. The maximum Gasteiger partial charge on any atom is 0.259 e. The fraction of sp³-hybridized carbons (Fsp3) is 0.278. The van der Waals surface area contributed by atoms with Crippen LogP contribution in [0.25, 0.3) is 11.5 Å². The SMILES string of the molecule is Fc1ccc(Cc2noc(-c3ccc(N[C@H]4CCSC4)nc3)n2)cc1. The van der Waals surface area contributed by atoms with Gasteiger partial charge in [0, 0.05) is 24.4 Å². The van der Waals surface area contributed by atoms with E-state index in [1.54, 1.807) is 18.3 Å². The summed E-state index contributed by atoms with van der Waals surface area (Å²) in [4.78, 5) is 8.83. The second kappa shape index (κ2) is 7.23. The molecule has 7 heteroatoms. The van der Waals surface area contributed by atoms with Gasteiger partial charge in [-0.05, 0) is 42.0 Å². The lowest BCUT2D eigenvalue weighted by atomic mass is 10.1. The number of nitrogens with one attached hydrogen (secondary N) is 1. The van der Waals surface area contributed by atoms with Crippen LogP contribution in [0.5, 0.6) is 0 Å². The highest BCUT2D eigenvalue weighted by atomic mass is 32.2. The second-order valence-corrected chi connectivity index (χ2v) is 7.11. The molecule has 0 radical (unpaired) electrons. The van der Waals surface area contributed by atoms with Gasteiger partial charge in [-0.25, -0.2) is 9.37 Å². The number of rotatable bonds is 5. The molecule has 1 saturated heterocycles. The Morgan fingerprint density at radius 2 is 2.08 bits per heavy atom. The lowest BCUT2D eigenvalue weighted by molar-refractivity contribution is 0.424. The van der Waals surface area contributed by atoms with Gasteiger partial charge in [0.1, 0.15) is 11.6 Å². The zero-order valence-corrected chi connectivity index (χ0v) is 14.3. The van der Waals surface area contributed by atoms with E-state index in [2.05, 4.69) is 20.4 Å². The van der Waals surface area contributed by atoms with Gasteiger partial charge >= 0.3 is 0 Å². The molecule has 0 aliphatic carbocycles. The molecule has 1 fully saturated rings. The quantitative estimate of drug-likeness (QED) is 0.751. The molecule has 1 atom stereocenters. The number of hydrogen-bond acceptors (Lipinski definition) is 6. The van der Waals surface area contributed by atoms with Crippen molar-refractivity contribution < 1.29 is 8.91 Å². The Balaban J connectivity index is 1.43. The Hall–Kier alpha value is -2.41. The standard InChI is InChI=1S/C18H17FN4OS/c19-14-4-1-12(2-5-14)9-17-22-18(24-23-17)13-3-6-16(20-10-13)21-15-7-8-25-11-15/h1-6,10,15H,7-9,11H2,(H,20,21)/t15-/m0/s1. The number of halogens is 1. The van der Waals surface area contributed by atoms with Gasteiger partial charge in [-0.2, -0.15) is 16.7 Å². The number of anilines is 1. The normalized spacial score (nSPS) is 16.9. The van der Waals surface area contributed by atoms with E-state index in [0.29, 0.717) is 24.2 Å². The molecule has 5 nitrogen and oxygen atoms in total. The Kier molecular flexibility index (Phi) is 4.65. The van der Waals surface area contributed by atoms with Crippen molar-refractivity contribution in [2.24, 2.45) is 0 Å². The van der Waals surface area contributed by atoms with Crippen LogP contribution < -0.4 is 5.32 Å². The molecule has 1 N–H and O–H groups in total. The first-order valence-corrected chi connectivity index (χ1v) is 9.29. The summed E-state index contributed by atoms with van der Waals surface area (Å²) < 4.78 is 18.3. The molecule has 1 aliphatic heterocycles. The average molecular weight is 356 g/mol. The topological polar surface area (TPSA) is 63.8 Å². The molecule has 25 heavy (non-hydrogen) atoms. The number of pyridine rings is 1. The van der Waals surface area contributed by atoms with Crippen molar-refractivity contribution in [3.8, 4) is 11.5 Å². The lowest BCUT2D eigenvalue weighted by Gasteiger charge is -2.11. The Morgan fingerprint density at radius 3 is 2.80 bits per heavy atom. The van der Waals surface area contributed by atoms with E-state index in [4.69, 9.17) is 4.52 Å². The van der Waals surface area contributed by atoms with E-state index in [1.807, 2.05) is 23.9 Å². The van der Waals surface area contributed by atoms with Gasteiger partial charge in [0.05, 0.1) is 5.56 Å². The average Bonchev–Trinajstić information content (AvgIpc) is 3.30. The fourth-order valence-electron chi connectivity index (χ4n) is 2.69. The third kappa shape index (κ3) is 3.99. The number of benzene rings is 1. The summed E-state index contributed by atoms with van der Waals surface area (Å²) >= 11 is 1.96. The largest absolute Gasteiger partial charge is 0.366 e. The molecule has 2 aromatic heterocycles. The maximum atomic E-state index is 12.9. The third-order valence-electron chi connectivity index (χ3n) is 4.04. The molecule has 1 aromatic carbocycles. The molecule has 0 unspecified atom stereocenters. The van der Waals surface area contributed by atoms with E-state index in [-0.39, 0.29) is 5.82 Å². The lowest BCUT2D eigenvalue weighted by Crippen LogP contribution is -2.18. The summed E-state index contributed by atoms with van der Waals surface area (Å²) in [6.07, 6.45) is 3.40. The summed E-state index contributed by atoms with van der Waals surface area (Å²) in [6.45, 7) is 0. The highest BCUT2D eigenvalue weighted by Crippen LogP contribution is 2.22. The van der Waals surface area contributed by atoms with Gasteiger partial charge in [-0.15, -0.1) is 0 Å². The first kappa shape index (κ1) is 16.1. The molecule has 128 valence electrons. The molecule has 3 aromatic rings. The van der Waals surface area contributed by atoms with Crippen LogP contribution in [0.1, 0.15) is 17.8 Å². The summed E-state index contributed by atoms with van der Waals surface area (Å²) in [7, 11) is 0. The minimum Gasteiger partial charge on any atom is -0.366 e. The van der Waals surface area contributed by atoms with Gasteiger partial charge < -0.3 is 9.84 Å². The Labute approximate surface area is 149 Å². The molecule has 4 rings (SSSR count). The fourth-order valence-corrected chi connectivity index (χ4v) is 3.84.